The van der Waals surface area contributed by atoms with Crippen molar-refractivity contribution >= 4 is 11.8 Å². The van der Waals surface area contributed by atoms with Crippen molar-refractivity contribution in [2.45, 2.75) is 78.3 Å². The molecule has 5 nitrogen and oxygen atoms in total. The van der Waals surface area contributed by atoms with Crippen molar-refractivity contribution in [2.24, 2.45) is 11.8 Å². The van der Waals surface area contributed by atoms with Gasteiger partial charge in [-0.2, -0.15) is 0 Å². The summed E-state index contributed by atoms with van der Waals surface area (Å²) in [7, 11) is 0. The molecule has 5 heteroatoms. The normalized spacial score (nSPS) is 27.0. The molecule has 144 valence electrons. The Bertz CT molecular complexity index is 446. The van der Waals surface area contributed by atoms with Crippen molar-refractivity contribution < 1.29 is 9.59 Å². The summed E-state index contributed by atoms with van der Waals surface area (Å²) in [6.45, 7) is 11.7. The highest BCUT2D eigenvalue weighted by molar-refractivity contribution is 5.88. The Morgan fingerprint density at radius 3 is 2.32 bits per heavy atom. The average Bonchev–Trinajstić information content (AvgIpc) is 2.76. The van der Waals surface area contributed by atoms with Gasteiger partial charge in [-0.15, -0.1) is 0 Å². The van der Waals surface area contributed by atoms with Crippen LogP contribution in [0.25, 0.3) is 0 Å². The minimum Gasteiger partial charge on any atom is -0.343 e. The van der Waals surface area contributed by atoms with Crippen molar-refractivity contribution in [2.75, 3.05) is 26.2 Å². The second kappa shape index (κ2) is 9.56. The van der Waals surface area contributed by atoms with Gasteiger partial charge in [-0.1, -0.05) is 20.8 Å². The van der Waals surface area contributed by atoms with Crippen molar-refractivity contribution in [1.29, 1.82) is 0 Å². The zero-order chi connectivity index (χ0) is 18.4. The minimum absolute atomic E-state index is 0.0157. The molecule has 1 N–H and O–H groups in total. The molecule has 2 fully saturated rings. The van der Waals surface area contributed by atoms with Crippen LogP contribution in [0, 0.1) is 11.8 Å². The number of nitrogens with zero attached hydrogens (tertiary/aromatic N) is 2. The van der Waals surface area contributed by atoms with E-state index >= 15 is 0 Å². The van der Waals surface area contributed by atoms with E-state index in [9.17, 15) is 9.59 Å². The van der Waals surface area contributed by atoms with Crippen LogP contribution >= 0.6 is 0 Å². The third-order valence-corrected chi connectivity index (χ3v) is 5.87. The van der Waals surface area contributed by atoms with E-state index < -0.39 is 6.04 Å². The van der Waals surface area contributed by atoms with E-state index in [1.807, 2.05) is 11.8 Å². The lowest BCUT2D eigenvalue weighted by molar-refractivity contribution is -0.137. The maximum absolute atomic E-state index is 12.5. The van der Waals surface area contributed by atoms with Crippen molar-refractivity contribution in [1.82, 2.24) is 15.1 Å². The van der Waals surface area contributed by atoms with Gasteiger partial charge in [0, 0.05) is 19.1 Å². The molecule has 2 rings (SSSR count). The molecule has 0 aromatic carbocycles. The van der Waals surface area contributed by atoms with Crippen LogP contribution in [0.2, 0.25) is 0 Å². The van der Waals surface area contributed by atoms with E-state index in [0.717, 1.165) is 51.2 Å². The molecule has 0 aromatic rings. The largest absolute Gasteiger partial charge is 0.343 e. The number of nitrogens with one attached hydrogen (secondary N) is 1. The predicted octanol–water partition coefficient (Wildman–Crippen LogP) is 2.65. The van der Waals surface area contributed by atoms with Crippen LogP contribution in [0.5, 0.6) is 0 Å². The summed E-state index contributed by atoms with van der Waals surface area (Å²) in [6, 6.07) is 0.0396. The molecule has 25 heavy (non-hydrogen) atoms. The van der Waals surface area contributed by atoms with E-state index in [1.54, 1.807) is 0 Å². The molecule has 3 atom stereocenters. The van der Waals surface area contributed by atoms with E-state index in [1.165, 1.54) is 12.8 Å². The van der Waals surface area contributed by atoms with Gasteiger partial charge < -0.3 is 10.2 Å². The Kier molecular flexibility index (Phi) is 7.73. The predicted molar refractivity (Wildman–Crippen MR) is 101 cm³/mol. The molecule has 0 radical (unpaired) electrons. The molecule has 0 bridgehead atoms. The maximum Gasteiger partial charge on any atom is 0.244 e. The molecule has 2 amide bonds. The fourth-order valence-electron chi connectivity index (χ4n) is 4.21. The number of hydrogen-bond acceptors (Lipinski definition) is 3. The first kappa shape index (κ1) is 20.2. The fourth-order valence-corrected chi connectivity index (χ4v) is 4.21. The van der Waals surface area contributed by atoms with Crippen LogP contribution < -0.4 is 5.32 Å². The molecule has 2 aliphatic heterocycles. The van der Waals surface area contributed by atoms with E-state index in [0.29, 0.717) is 18.5 Å². The summed E-state index contributed by atoms with van der Waals surface area (Å²) >= 11 is 0. The summed E-state index contributed by atoms with van der Waals surface area (Å²) < 4.78 is 0. The number of carbonyl (C=O) groups excluding carboxylic acids is 2. The second-order valence-electron chi connectivity index (χ2n) is 8.43. The first-order valence-electron chi connectivity index (χ1n) is 10.2. The summed E-state index contributed by atoms with van der Waals surface area (Å²) in [5.41, 5.74) is 0. The highest BCUT2D eigenvalue weighted by Crippen LogP contribution is 2.25. The van der Waals surface area contributed by atoms with Crippen molar-refractivity contribution in [3.8, 4) is 0 Å². The zero-order valence-corrected chi connectivity index (χ0v) is 16.6. The molecular formula is C20H37N3O2. The van der Waals surface area contributed by atoms with Crippen molar-refractivity contribution in [3.05, 3.63) is 0 Å². The van der Waals surface area contributed by atoms with Gasteiger partial charge in [0.25, 0.3) is 0 Å². The van der Waals surface area contributed by atoms with Crippen LogP contribution in [-0.2, 0) is 9.59 Å². The number of likely N-dealkylation sites (tertiary alicyclic amines) is 2. The third-order valence-electron chi connectivity index (χ3n) is 5.87. The molecule has 3 unspecified atom stereocenters. The number of piperidine rings is 1. The molecule has 0 aromatic heterocycles. The number of carbonyl (C=O) groups is 2. The van der Waals surface area contributed by atoms with Gasteiger partial charge in [0.1, 0.15) is 6.04 Å². The molecule has 2 aliphatic rings. The molecule has 2 heterocycles. The van der Waals surface area contributed by atoms with Gasteiger partial charge in [-0.3, -0.25) is 14.5 Å². The lowest BCUT2D eigenvalue weighted by Crippen LogP contribution is -2.51. The smallest absolute Gasteiger partial charge is 0.244 e. The van der Waals surface area contributed by atoms with Crippen LogP contribution in [0.3, 0.4) is 0 Å². The summed E-state index contributed by atoms with van der Waals surface area (Å²) in [6.07, 6.45) is 6.91. The number of amides is 2. The topological polar surface area (TPSA) is 52.7 Å². The highest BCUT2D eigenvalue weighted by Gasteiger charge is 2.29. The molecule has 2 saturated heterocycles. The van der Waals surface area contributed by atoms with Gasteiger partial charge in [-0.25, -0.2) is 0 Å². The number of rotatable bonds is 5. The van der Waals surface area contributed by atoms with Gasteiger partial charge in [0.2, 0.25) is 11.8 Å². The lowest BCUT2D eigenvalue weighted by atomic mass is 9.95. The van der Waals surface area contributed by atoms with Crippen LogP contribution in [-0.4, -0.2) is 59.9 Å². The first-order chi connectivity index (χ1) is 11.9. The molecule has 0 aliphatic carbocycles. The molecule has 0 saturated carbocycles. The van der Waals surface area contributed by atoms with E-state index in [-0.39, 0.29) is 11.8 Å². The Balaban J connectivity index is 1.87. The zero-order valence-electron chi connectivity index (χ0n) is 16.6. The van der Waals surface area contributed by atoms with E-state index in [2.05, 4.69) is 31.0 Å². The number of hydrogen-bond donors (Lipinski definition) is 1. The van der Waals surface area contributed by atoms with E-state index in [4.69, 9.17) is 0 Å². The van der Waals surface area contributed by atoms with Gasteiger partial charge in [-0.05, 0) is 63.8 Å². The van der Waals surface area contributed by atoms with Crippen LogP contribution in [0.1, 0.15) is 66.2 Å². The van der Waals surface area contributed by atoms with Crippen LogP contribution in [0.4, 0.5) is 0 Å². The minimum atomic E-state index is -0.422. The first-order valence-corrected chi connectivity index (χ1v) is 10.2. The van der Waals surface area contributed by atoms with Gasteiger partial charge in [0.05, 0.1) is 6.54 Å². The Morgan fingerprint density at radius 1 is 1.00 bits per heavy atom. The fraction of sp³-hybridized carbons (Fsp3) is 0.900. The maximum atomic E-state index is 12.5. The Hall–Kier alpha value is -1.10. The Labute approximate surface area is 153 Å². The quantitative estimate of drug-likeness (QED) is 0.828. The average molecular weight is 352 g/mol. The molecule has 0 spiro atoms. The standard InChI is InChI=1S/C20H37N3O2/c1-15(2)18-9-8-16(3)10-13-23(18)14-19(24)21-17(4)20(25)22-11-6-5-7-12-22/h15-18H,5-14H2,1-4H3,(H,21,24). The second-order valence-corrected chi connectivity index (χ2v) is 8.43. The highest BCUT2D eigenvalue weighted by atomic mass is 16.2. The summed E-state index contributed by atoms with van der Waals surface area (Å²) in [5.74, 6) is 1.33. The molecular weight excluding hydrogens is 314 g/mol. The van der Waals surface area contributed by atoms with Crippen molar-refractivity contribution in [3.63, 3.8) is 0 Å². The lowest BCUT2D eigenvalue weighted by Gasteiger charge is -2.33. The summed E-state index contributed by atoms with van der Waals surface area (Å²) in [5, 5.41) is 2.94. The Morgan fingerprint density at radius 2 is 1.68 bits per heavy atom. The monoisotopic (exact) mass is 351 g/mol. The van der Waals surface area contributed by atoms with Gasteiger partial charge >= 0.3 is 0 Å². The SMILES string of the molecule is CC1CCC(C(C)C)N(CC(=O)NC(C)C(=O)N2CCCCC2)CC1. The third kappa shape index (κ3) is 5.98. The van der Waals surface area contributed by atoms with Crippen LogP contribution in [0.15, 0.2) is 0 Å². The summed E-state index contributed by atoms with van der Waals surface area (Å²) in [4.78, 5) is 29.3. The van der Waals surface area contributed by atoms with Gasteiger partial charge in [0.15, 0.2) is 0 Å².